The van der Waals surface area contributed by atoms with Crippen LogP contribution in [0.15, 0.2) is 53.9 Å². The third-order valence-corrected chi connectivity index (χ3v) is 5.20. The quantitative estimate of drug-likeness (QED) is 0.572. The first kappa shape index (κ1) is 17.4. The number of benzene rings is 2. The number of aryl methyl sites for hydroxylation is 2. The number of rotatable bonds is 5. The lowest BCUT2D eigenvalue weighted by Gasteiger charge is -2.06. The Morgan fingerprint density at radius 1 is 1.11 bits per heavy atom. The highest BCUT2D eigenvalue weighted by molar-refractivity contribution is 7.15. The van der Waals surface area contributed by atoms with E-state index in [0.717, 1.165) is 33.2 Å². The van der Waals surface area contributed by atoms with Crippen LogP contribution in [0.3, 0.4) is 0 Å². The zero-order valence-electron chi connectivity index (χ0n) is 15.3. The summed E-state index contributed by atoms with van der Waals surface area (Å²) in [4.78, 5) is 17.8. The van der Waals surface area contributed by atoms with Gasteiger partial charge in [0.15, 0.2) is 5.82 Å². The van der Waals surface area contributed by atoms with Crippen molar-refractivity contribution in [3.63, 3.8) is 0 Å². The van der Waals surface area contributed by atoms with Crippen molar-refractivity contribution < 1.29 is 4.79 Å². The maximum atomic E-state index is 12.4. The van der Waals surface area contributed by atoms with E-state index >= 15 is 0 Å². The minimum Gasteiger partial charge on any atom is -0.352 e. The van der Waals surface area contributed by atoms with Crippen LogP contribution in [0.5, 0.6) is 0 Å². The number of amides is 1. The molecule has 4 rings (SSSR count). The molecule has 0 aliphatic rings. The fraction of sp³-hybridized carbons (Fsp3) is 0.190. The molecule has 2 heterocycles. The summed E-state index contributed by atoms with van der Waals surface area (Å²) in [5, 5.41) is 9.67. The van der Waals surface area contributed by atoms with Crippen LogP contribution < -0.4 is 5.32 Å². The Morgan fingerprint density at radius 2 is 1.85 bits per heavy atom. The lowest BCUT2D eigenvalue weighted by molar-refractivity contribution is 0.0954. The number of thiazole rings is 1. The Balaban J connectivity index is 1.45. The number of carbonyl (C=O) groups excluding carboxylic acids is 1. The summed E-state index contributed by atoms with van der Waals surface area (Å²) in [6.07, 6.45) is 0.703. The number of fused-ring (bicyclic) bond motifs is 1. The summed E-state index contributed by atoms with van der Waals surface area (Å²) < 4.78 is 1.87. The molecule has 1 N–H and O–H groups in total. The summed E-state index contributed by atoms with van der Waals surface area (Å²) in [6.45, 7) is 4.56. The van der Waals surface area contributed by atoms with Crippen LogP contribution in [0.4, 0.5) is 0 Å². The molecule has 0 radical (unpaired) electrons. The molecule has 1 amide bonds. The van der Waals surface area contributed by atoms with Gasteiger partial charge in [-0.25, -0.2) is 4.52 Å². The van der Waals surface area contributed by atoms with Crippen LogP contribution in [0.2, 0.25) is 0 Å². The van der Waals surface area contributed by atoms with E-state index in [0.29, 0.717) is 18.5 Å². The van der Waals surface area contributed by atoms with Crippen molar-refractivity contribution in [2.45, 2.75) is 20.3 Å². The van der Waals surface area contributed by atoms with Gasteiger partial charge in [-0.1, -0.05) is 47.5 Å². The summed E-state index contributed by atoms with van der Waals surface area (Å²) in [5.41, 5.74) is 4.94. The largest absolute Gasteiger partial charge is 0.352 e. The molecule has 0 fully saturated rings. The average Bonchev–Trinajstić information content (AvgIpc) is 3.23. The van der Waals surface area contributed by atoms with E-state index in [2.05, 4.69) is 21.5 Å². The van der Waals surface area contributed by atoms with Gasteiger partial charge in [0.25, 0.3) is 5.91 Å². The van der Waals surface area contributed by atoms with Crippen LogP contribution in [-0.2, 0) is 6.42 Å². The molecule has 4 aromatic rings. The van der Waals surface area contributed by atoms with Crippen LogP contribution in [0, 0.1) is 13.8 Å². The van der Waals surface area contributed by atoms with E-state index in [9.17, 15) is 4.79 Å². The topological polar surface area (TPSA) is 59.3 Å². The maximum absolute atomic E-state index is 12.4. The van der Waals surface area contributed by atoms with E-state index in [1.54, 1.807) is 11.3 Å². The number of aromatic nitrogens is 3. The van der Waals surface area contributed by atoms with Gasteiger partial charge >= 0.3 is 0 Å². The predicted octanol–water partition coefficient (Wildman–Crippen LogP) is 4.05. The lowest BCUT2D eigenvalue weighted by atomic mass is 10.1. The fourth-order valence-corrected chi connectivity index (χ4v) is 3.97. The van der Waals surface area contributed by atoms with Gasteiger partial charge < -0.3 is 5.32 Å². The summed E-state index contributed by atoms with van der Waals surface area (Å²) in [5.74, 6) is 0.680. The molecule has 5 nitrogen and oxygen atoms in total. The fourth-order valence-electron chi connectivity index (χ4n) is 3.12. The van der Waals surface area contributed by atoms with Crippen molar-refractivity contribution in [2.75, 3.05) is 6.54 Å². The Labute approximate surface area is 161 Å². The number of nitrogens with one attached hydrogen (secondary N) is 1. The predicted molar refractivity (Wildman–Crippen MR) is 108 cm³/mol. The molecule has 0 aliphatic carbocycles. The number of carbonyl (C=O) groups is 1. The molecule has 0 aliphatic heterocycles. The van der Waals surface area contributed by atoms with Crippen LogP contribution in [-0.4, -0.2) is 27.0 Å². The monoisotopic (exact) mass is 376 g/mol. The minimum absolute atomic E-state index is 0.0446. The van der Waals surface area contributed by atoms with Gasteiger partial charge in [-0.3, -0.25) is 4.79 Å². The smallest absolute Gasteiger partial charge is 0.251 e. The minimum atomic E-state index is -0.0446. The van der Waals surface area contributed by atoms with Crippen molar-refractivity contribution in [1.82, 2.24) is 19.9 Å². The Morgan fingerprint density at radius 3 is 2.59 bits per heavy atom. The highest BCUT2D eigenvalue weighted by Gasteiger charge is 2.12. The Hall–Kier alpha value is -2.99. The second-order valence-corrected chi connectivity index (χ2v) is 7.44. The standard InChI is InChI=1S/C21H20N4OS/c1-14-10-15(2)12-17(11-14)20(26)22-9-8-18-13-27-21-23-19(24-25(18)21)16-6-4-3-5-7-16/h3-7,10-13H,8-9H2,1-2H3,(H,22,26). The Bertz CT molecular complexity index is 1080. The molecule has 0 saturated carbocycles. The van der Waals surface area contributed by atoms with Gasteiger partial charge in [0.05, 0.1) is 5.69 Å². The normalized spacial score (nSPS) is 11.0. The third-order valence-electron chi connectivity index (χ3n) is 4.33. The van der Waals surface area contributed by atoms with Crippen molar-refractivity contribution in [1.29, 1.82) is 0 Å². The number of hydrogen-bond acceptors (Lipinski definition) is 4. The second-order valence-electron chi connectivity index (χ2n) is 6.61. The number of nitrogens with zero attached hydrogens (tertiary/aromatic N) is 3. The van der Waals surface area contributed by atoms with Crippen LogP contribution >= 0.6 is 11.3 Å². The van der Waals surface area contributed by atoms with Crippen molar-refractivity contribution in [3.05, 3.63) is 76.3 Å². The van der Waals surface area contributed by atoms with Crippen molar-refractivity contribution in [2.24, 2.45) is 0 Å². The molecule has 0 unspecified atom stereocenters. The lowest BCUT2D eigenvalue weighted by Crippen LogP contribution is -2.26. The van der Waals surface area contributed by atoms with Gasteiger partial charge in [-0.05, 0) is 26.0 Å². The van der Waals surface area contributed by atoms with Gasteiger partial charge in [-0.15, -0.1) is 16.4 Å². The second kappa shape index (κ2) is 7.32. The molecule has 2 aromatic heterocycles. The molecule has 0 bridgehead atoms. The van der Waals surface area contributed by atoms with Crippen molar-refractivity contribution in [3.8, 4) is 11.4 Å². The van der Waals surface area contributed by atoms with E-state index < -0.39 is 0 Å². The number of hydrogen-bond donors (Lipinski definition) is 1. The highest BCUT2D eigenvalue weighted by Crippen LogP contribution is 2.20. The average molecular weight is 376 g/mol. The summed E-state index contributed by atoms with van der Waals surface area (Å²) in [7, 11) is 0. The zero-order valence-corrected chi connectivity index (χ0v) is 16.1. The first-order valence-electron chi connectivity index (χ1n) is 8.85. The summed E-state index contributed by atoms with van der Waals surface area (Å²) >= 11 is 1.57. The molecular weight excluding hydrogens is 356 g/mol. The molecule has 136 valence electrons. The molecule has 6 heteroatoms. The van der Waals surface area contributed by atoms with E-state index in [-0.39, 0.29) is 5.91 Å². The zero-order chi connectivity index (χ0) is 18.8. The van der Waals surface area contributed by atoms with Gasteiger partial charge in [-0.2, -0.15) is 4.98 Å². The van der Waals surface area contributed by atoms with Crippen LogP contribution in [0.1, 0.15) is 27.2 Å². The molecular formula is C21H20N4OS. The highest BCUT2D eigenvalue weighted by atomic mass is 32.1. The first-order chi connectivity index (χ1) is 13.1. The Kier molecular flexibility index (Phi) is 4.73. The molecule has 0 saturated heterocycles. The van der Waals surface area contributed by atoms with Crippen LogP contribution in [0.25, 0.3) is 16.3 Å². The molecule has 2 aromatic carbocycles. The maximum Gasteiger partial charge on any atom is 0.251 e. The van der Waals surface area contributed by atoms with Gasteiger partial charge in [0.1, 0.15) is 0 Å². The molecule has 0 spiro atoms. The molecule has 27 heavy (non-hydrogen) atoms. The first-order valence-corrected chi connectivity index (χ1v) is 9.73. The van der Waals surface area contributed by atoms with E-state index in [4.69, 9.17) is 0 Å². The van der Waals surface area contributed by atoms with E-state index in [1.807, 2.05) is 66.2 Å². The van der Waals surface area contributed by atoms with Gasteiger partial charge in [0, 0.05) is 29.5 Å². The summed E-state index contributed by atoms with van der Waals surface area (Å²) in [6, 6.07) is 15.8. The SMILES string of the molecule is Cc1cc(C)cc(C(=O)NCCc2csc3nc(-c4ccccc4)nn23)c1. The van der Waals surface area contributed by atoms with Crippen molar-refractivity contribution >= 4 is 22.2 Å². The third kappa shape index (κ3) is 3.75. The molecule has 0 atom stereocenters. The van der Waals surface area contributed by atoms with Gasteiger partial charge in [0.2, 0.25) is 4.96 Å². The van der Waals surface area contributed by atoms with E-state index in [1.165, 1.54) is 0 Å².